The Morgan fingerprint density at radius 2 is 1.79 bits per heavy atom. The predicted molar refractivity (Wildman–Crippen MR) is 175 cm³/mol. The van der Waals surface area contributed by atoms with E-state index < -0.39 is 5.41 Å². The van der Waals surface area contributed by atoms with E-state index in [9.17, 15) is 19.2 Å². The first-order chi connectivity index (χ1) is 22.6. The van der Waals surface area contributed by atoms with Gasteiger partial charge in [0, 0.05) is 32.6 Å². The van der Waals surface area contributed by atoms with Crippen molar-refractivity contribution in [3.8, 4) is 11.5 Å². The number of esters is 1. The Kier molecular flexibility index (Phi) is 12.5. The van der Waals surface area contributed by atoms with Crippen LogP contribution in [0.3, 0.4) is 0 Å². The molecular formula is C34H46N6O7. The van der Waals surface area contributed by atoms with E-state index >= 15 is 0 Å². The van der Waals surface area contributed by atoms with E-state index in [-0.39, 0.29) is 76.0 Å². The molecule has 2 aliphatic rings. The minimum atomic E-state index is -1.02. The lowest BCUT2D eigenvalue weighted by atomic mass is 9.76. The molecule has 0 saturated carbocycles. The third kappa shape index (κ3) is 9.90. The molecule has 3 amide bonds. The molecule has 13 nitrogen and oxygen atoms in total. The molecule has 2 N–H and O–H groups in total. The first-order valence-electron chi connectivity index (χ1n) is 16.2. The molecule has 13 heteroatoms. The third-order valence-electron chi connectivity index (χ3n) is 8.16. The number of nitrogens with zero attached hydrogens (tertiary/aromatic N) is 4. The van der Waals surface area contributed by atoms with Crippen molar-refractivity contribution in [2.75, 3.05) is 46.5 Å². The Morgan fingerprint density at radius 3 is 2.47 bits per heavy atom. The van der Waals surface area contributed by atoms with Crippen molar-refractivity contribution in [1.82, 2.24) is 30.5 Å². The second-order valence-corrected chi connectivity index (χ2v) is 12.2. The summed E-state index contributed by atoms with van der Waals surface area (Å²) in [7, 11) is 1.51. The molecule has 0 radical (unpaired) electrons. The fourth-order valence-electron chi connectivity index (χ4n) is 5.54. The molecule has 3 heterocycles. The SMILES string of the molecule is CCOC(=O)C1(CCC(C)C)CNC(=O)CCCN(C(=O)Cn2nc3ccccc3n2)CCNC(=O)COc2ccc(cc2OC)C1. The standard InChI is InChI=1S/C34H46N6O7/c1-5-46-33(44)34(15-14-24(2)3)20-25-12-13-28(29(19-25)45-4)47-22-31(42)35-16-18-39(17-8-11-30(41)36-23-34)32(43)21-40-37-26-9-6-7-10-27(26)38-40/h6-7,9-10,12-13,19,24H,5,8,11,14-18,20-23H2,1-4H3,(H,35,42)(H,36,41). The van der Waals surface area contributed by atoms with Gasteiger partial charge in [-0.1, -0.05) is 32.0 Å². The Balaban J connectivity index is 1.56. The van der Waals surface area contributed by atoms with E-state index in [1.807, 2.05) is 30.3 Å². The lowest BCUT2D eigenvalue weighted by Crippen LogP contribution is -2.46. The van der Waals surface area contributed by atoms with Gasteiger partial charge < -0.3 is 29.7 Å². The van der Waals surface area contributed by atoms with Crippen molar-refractivity contribution >= 4 is 34.7 Å². The average molecular weight is 651 g/mol. The summed E-state index contributed by atoms with van der Waals surface area (Å²) in [5.41, 5.74) is 1.14. The van der Waals surface area contributed by atoms with Crippen molar-refractivity contribution in [1.29, 1.82) is 0 Å². The van der Waals surface area contributed by atoms with Gasteiger partial charge in [-0.25, -0.2) is 0 Å². The fourth-order valence-corrected chi connectivity index (χ4v) is 5.54. The van der Waals surface area contributed by atoms with E-state index in [4.69, 9.17) is 14.2 Å². The fraction of sp³-hybridized carbons (Fsp3) is 0.529. The van der Waals surface area contributed by atoms with Gasteiger partial charge in [0.15, 0.2) is 18.1 Å². The molecule has 1 aromatic heterocycles. The predicted octanol–water partition coefficient (Wildman–Crippen LogP) is 2.90. The van der Waals surface area contributed by atoms with Crippen LogP contribution in [0.1, 0.15) is 52.0 Å². The first kappa shape index (κ1) is 35.2. The molecule has 254 valence electrons. The molecule has 0 saturated heterocycles. The summed E-state index contributed by atoms with van der Waals surface area (Å²) in [4.78, 5) is 55.8. The quantitative estimate of drug-likeness (QED) is 0.277. The van der Waals surface area contributed by atoms with Gasteiger partial charge in [0.1, 0.15) is 17.6 Å². The molecule has 2 bridgehead atoms. The highest BCUT2D eigenvalue weighted by Crippen LogP contribution is 2.35. The molecule has 3 aromatic rings. The second-order valence-electron chi connectivity index (χ2n) is 12.2. The smallest absolute Gasteiger partial charge is 0.314 e. The minimum Gasteiger partial charge on any atom is -0.493 e. The molecule has 1 atom stereocenters. The maximum atomic E-state index is 13.6. The number of nitrogens with one attached hydrogen (secondary N) is 2. The van der Waals surface area contributed by atoms with Gasteiger partial charge in [0.2, 0.25) is 11.8 Å². The van der Waals surface area contributed by atoms with Crippen molar-refractivity contribution in [2.24, 2.45) is 11.3 Å². The van der Waals surface area contributed by atoms with Crippen LogP contribution in [0, 0.1) is 11.3 Å². The van der Waals surface area contributed by atoms with E-state index in [1.54, 1.807) is 24.0 Å². The van der Waals surface area contributed by atoms with Crippen molar-refractivity contribution < 1.29 is 33.4 Å². The molecule has 0 fully saturated rings. The topological polar surface area (TPSA) is 154 Å². The van der Waals surface area contributed by atoms with E-state index in [0.29, 0.717) is 47.7 Å². The summed E-state index contributed by atoms with van der Waals surface area (Å²) >= 11 is 0. The largest absolute Gasteiger partial charge is 0.493 e. The Hall–Kier alpha value is -4.68. The Morgan fingerprint density at radius 1 is 1.04 bits per heavy atom. The van der Waals surface area contributed by atoms with Crippen LogP contribution in [0.4, 0.5) is 0 Å². The second kappa shape index (κ2) is 16.8. The van der Waals surface area contributed by atoms with Gasteiger partial charge in [0.05, 0.1) is 19.1 Å². The number of hydrogen-bond donors (Lipinski definition) is 2. The van der Waals surface area contributed by atoms with Gasteiger partial charge in [-0.3, -0.25) is 19.2 Å². The lowest BCUT2D eigenvalue weighted by Gasteiger charge is -2.33. The number of carbonyl (C=O) groups is 4. The summed E-state index contributed by atoms with van der Waals surface area (Å²) in [6, 6.07) is 12.7. The molecule has 0 aliphatic carbocycles. The molecule has 5 rings (SSSR count). The van der Waals surface area contributed by atoms with Gasteiger partial charge in [0.25, 0.3) is 5.91 Å². The van der Waals surface area contributed by atoms with Crippen LogP contribution in [0.25, 0.3) is 11.0 Å². The normalized spacial score (nSPS) is 18.4. The lowest BCUT2D eigenvalue weighted by molar-refractivity contribution is -0.156. The zero-order valence-electron chi connectivity index (χ0n) is 27.8. The summed E-state index contributed by atoms with van der Waals surface area (Å²) in [5.74, 6) is -0.113. The molecule has 2 aliphatic heterocycles. The van der Waals surface area contributed by atoms with E-state index in [0.717, 1.165) is 12.0 Å². The van der Waals surface area contributed by atoms with Crippen LogP contribution in [-0.4, -0.2) is 90.1 Å². The number of aromatic nitrogens is 3. The number of rotatable bonds is 8. The average Bonchev–Trinajstić information content (AvgIpc) is 3.46. The number of methoxy groups -OCH3 is 1. The first-order valence-corrected chi connectivity index (χ1v) is 16.2. The van der Waals surface area contributed by atoms with Crippen LogP contribution < -0.4 is 20.1 Å². The zero-order chi connectivity index (χ0) is 33.8. The van der Waals surface area contributed by atoms with Crippen molar-refractivity contribution in [2.45, 2.75) is 59.4 Å². The highest BCUT2D eigenvalue weighted by atomic mass is 16.5. The van der Waals surface area contributed by atoms with Crippen LogP contribution in [0.2, 0.25) is 0 Å². The maximum absolute atomic E-state index is 13.6. The number of fused-ring (bicyclic) bond motifs is 17. The van der Waals surface area contributed by atoms with Gasteiger partial charge in [-0.15, -0.1) is 0 Å². The van der Waals surface area contributed by atoms with E-state index in [1.165, 1.54) is 11.9 Å². The van der Waals surface area contributed by atoms with Crippen molar-refractivity contribution in [3.63, 3.8) is 0 Å². The van der Waals surface area contributed by atoms with Crippen LogP contribution in [0.5, 0.6) is 11.5 Å². The third-order valence-corrected chi connectivity index (χ3v) is 8.16. The minimum absolute atomic E-state index is 0.0918. The highest BCUT2D eigenvalue weighted by Gasteiger charge is 2.40. The summed E-state index contributed by atoms with van der Waals surface area (Å²) in [6.45, 7) is 6.57. The molecule has 1 unspecified atom stereocenters. The zero-order valence-corrected chi connectivity index (χ0v) is 27.8. The van der Waals surface area contributed by atoms with Gasteiger partial charge >= 0.3 is 5.97 Å². The summed E-state index contributed by atoms with van der Waals surface area (Å²) in [5, 5.41) is 14.6. The molecule has 47 heavy (non-hydrogen) atoms. The highest BCUT2D eigenvalue weighted by molar-refractivity contribution is 5.81. The number of amides is 3. The molecule has 0 spiro atoms. The monoisotopic (exact) mass is 650 g/mol. The molecule has 2 aromatic carbocycles. The summed E-state index contributed by atoms with van der Waals surface area (Å²) < 4.78 is 16.9. The van der Waals surface area contributed by atoms with Crippen LogP contribution >= 0.6 is 0 Å². The number of hydrogen-bond acceptors (Lipinski definition) is 9. The number of benzene rings is 2. The van der Waals surface area contributed by atoms with Crippen LogP contribution in [0.15, 0.2) is 42.5 Å². The Bertz CT molecular complexity index is 1510. The van der Waals surface area contributed by atoms with Crippen LogP contribution in [-0.2, 0) is 36.9 Å². The van der Waals surface area contributed by atoms with Gasteiger partial charge in [-0.2, -0.15) is 15.0 Å². The van der Waals surface area contributed by atoms with Crippen molar-refractivity contribution in [3.05, 3.63) is 48.0 Å². The number of ether oxygens (including phenoxy) is 3. The van der Waals surface area contributed by atoms with Gasteiger partial charge in [-0.05, 0) is 68.4 Å². The maximum Gasteiger partial charge on any atom is 0.314 e. The van der Waals surface area contributed by atoms with E-state index in [2.05, 4.69) is 34.7 Å². The number of carbonyl (C=O) groups excluding carboxylic acids is 4. The Labute approximate surface area is 275 Å². The summed E-state index contributed by atoms with van der Waals surface area (Å²) in [6.07, 6.45) is 2.07. The molecular weight excluding hydrogens is 604 g/mol.